The summed E-state index contributed by atoms with van der Waals surface area (Å²) in [6.45, 7) is 1.72. The van der Waals surface area contributed by atoms with Gasteiger partial charge in [-0.2, -0.15) is 0 Å². The van der Waals surface area contributed by atoms with E-state index in [0.717, 1.165) is 5.56 Å². The van der Waals surface area contributed by atoms with Crippen LogP contribution in [0.25, 0.3) is 6.08 Å². The Morgan fingerprint density at radius 3 is 3.08 bits per heavy atom. The van der Waals surface area contributed by atoms with Gasteiger partial charge in [0.25, 0.3) is 0 Å². The molecule has 0 aliphatic heterocycles. The van der Waals surface area contributed by atoms with Crippen LogP contribution in [-0.4, -0.2) is 15.9 Å². The van der Waals surface area contributed by atoms with Crippen molar-refractivity contribution in [3.8, 4) is 0 Å². The predicted octanol–water partition coefficient (Wildman–Crippen LogP) is 1.94. The molecule has 62 valence electrons. The highest BCUT2D eigenvalue weighted by Crippen LogP contribution is 1.98. The third kappa shape index (κ3) is 2.54. The molecule has 1 aromatic rings. The Hall–Kier alpha value is -1.64. The molecule has 0 aromatic carbocycles. The van der Waals surface area contributed by atoms with Gasteiger partial charge in [0.1, 0.15) is 0 Å². The number of nitrogens with zero attached hydrogens (tertiary/aromatic N) is 2. The number of hydrogen-bond acceptors (Lipinski definition) is 3. The molecule has 0 amide bonds. The number of aromatic nitrogens is 1. The van der Waals surface area contributed by atoms with Crippen LogP contribution in [0.15, 0.2) is 35.8 Å². The zero-order valence-electron chi connectivity index (χ0n) is 6.81. The molecule has 1 rings (SSSR count). The van der Waals surface area contributed by atoms with Crippen molar-refractivity contribution in [3.05, 3.63) is 36.2 Å². The lowest BCUT2D eigenvalue weighted by Crippen LogP contribution is -1.82. The zero-order valence-corrected chi connectivity index (χ0v) is 6.81. The lowest BCUT2D eigenvalue weighted by molar-refractivity contribution is 0.319. The third-order valence-corrected chi connectivity index (χ3v) is 1.36. The van der Waals surface area contributed by atoms with Crippen LogP contribution in [0.5, 0.6) is 0 Å². The third-order valence-electron chi connectivity index (χ3n) is 1.36. The average molecular weight is 162 g/mol. The van der Waals surface area contributed by atoms with Crippen molar-refractivity contribution in [2.24, 2.45) is 5.16 Å². The van der Waals surface area contributed by atoms with Crippen LogP contribution in [0.3, 0.4) is 0 Å². The van der Waals surface area contributed by atoms with E-state index in [9.17, 15) is 0 Å². The second-order valence-electron chi connectivity index (χ2n) is 2.36. The first kappa shape index (κ1) is 8.46. The van der Waals surface area contributed by atoms with E-state index in [1.54, 1.807) is 25.4 Å². The van der Waals surface area contributed by atoms with Gasteiger partial charge in [-0.1, -0.05) is 17.3 Å². The first-order valence-corrected chi connectivity index (χ1v) is 3.59. The number of allylic oxidation sites excluding steroid dienone is 1. The number of pyridine rings is 1. The Kier molecular flexibility index (Phi) is 3.02. The molecule has 3 heteroatoms. The molecule has 12 heavy (non-hydrogen) atoms. The summed E-state index contributed by atoms with van der Waals surface area (Å²) >= 11 is 0. The minimum atomic E-state index is 0.568. The molecule has 0 saturated heterocycles. The van der Waals surface area contributed by atoms with Crippen LogP contribution in [0.4, 0.5) is 0 Å². The van der Waals surface area contributed by atoms with Gasteiger partial charge in [0.05, 0.1) is 5.71 Å². The molecular formula is C9H10N2O. The van der Waals surface area contributed by atoms with Gasteiger partial charge in [0.15, 0.2) is 0 Å². The van der Waals surface area contributed by atoms with E-state index in [1.807, 2.05) is 18.2 Å². The van der Waals surface area contributed by atoms with Gasteiger partial charge < -0.3 is 5.21 Å². The van der Waals surface area contributed by atoms with Gasteiger partial charge in [-0.3, -0.25) is 4.98 Å². The van der Waals surface area contributed by atoms with E-state index < -0.39 is 0 Å². The Morgan fingerprint density at radius 2 is 2.50 bits per heavy atom. The monoisotopic (exact) mass is 162 g/mol. The molecule has 0 atom stereocenters. The molecule has 3 nitrogen and oxygen atoms in total. The molecule has 0 unspecified atom stereocenters. The zero-order chi connectivity index (χ0) is 8.81. The maximum Gasteiger partial charge on any atom is 0.0765 e. The van der Waals surface area contributed by atoms with Crippen LogP contribution < -0.4 is 0 Å². The quantitative estimate of drug-likeness (QED) is 0.410. The van der Waals surface area contributed by atoms with Crippen LogP contribution in [-0.2, 0) is 0 Å². The second kappa shape index (κ2) is 4.28. The molecule has 1 N–H and O–H groups in total. The molecule has 1 heterocycles. The Bertz CT molecular complexity index is 291. The summed E-state index contributed by atoms with van der Waals surface area (Å²) in [5, 5.41) is 11.3. The molecule has 0 fully saturated rings. The minimum Gasteiger partial charge on any atom is -0.411 e. The standard InChI is InChI=1S/C9H10N2O/c1-8(11-12)4-5-9-3-2-6-10-7-9/h2-7,12H,1H3. The van der Waals surface area contributed by atoms with E-state index in [4.69, 9.17) is 5.21 Å². The van der Waals surface area contributed by atoms with Crippen LogP contribution >= 0.6 is 0 Å². The van der Waals surface area contributed by atoms with E-state index in [0.29, 0.717) is 5.71 Å². The van der Waals surface area contributed by atoms with Crippen molar-refractivity contribution in [2.45, 2.75) is 6.92 Å². The highest BCUT2D eigenvalue weighted by Gasteiger charge is 1.84. The molecule has 0 aliphatic rings. The average Bonchev–Trinajstić information content (AvgIpc) is 2.16. The SMILES string of the molecule is CC(C=Cc1cccnc1)=NO. The summed E-state index contributed by atoms with van der Waals surface area (Å²) in [4.78, 5) is 3.93. The van der Waals surface area contributed by atoms with E-state index in [2.05, 4.69) is 10.1 Å². The van der Waals surface area contributed by atoms with Gasteiger partial charge in [-0.05, 0) is 24.6 Å². The number of rotatable bonds is 2. The van der Waals surface area contributed by atoms with Crippen molar-refractivity contribution in [1.82, 2.24) is 4.98 Å². The Balaban J connectivity index is 2.70. The van der Waals surface area contributed by atoms with Crippen molar-refractivity contribution in [3.63, 3.8) is 0 Å². The fraction of sp³-hybridized carbons (Fsp3) is 0.111. The molecule has 0 bridgehead atoms. The van der Waals surface area contributed by atoms with E-state index in [1.165, 1.54) is 0 Å². The summed E-state index contributed by atoms with van der Waals surface area (Å²) in [7, 11) is 0. The highest BCUT2D eigenvalue weighted by molar-refractivity contribution is 5.95. The van der Waals surface area contributed by atoms with E-state index in [-0.39, 0.29) is 0 Å². The molecule has 0 aliphatic carbocycles. The van der Waals surface area contributed by atoms with Crippen molar-refractivity contribution in [2.75, 3.05) is 0 Å². The maximum atomic E-state index is 8.33. The highest BCUT2D eigenvalue weighted by atomic mass is 16.4. The summed E-state index contributed by atoms with van der Waals surface area (Å²) in [5.74, 6) is 0. The van der Waals surface area contributed by atoms with Crippen molar-refractivity contribution >= 4 is 11.8 Å². The summed E-state index contributed by atoms with van der Waals surface area (Å²) < 4.78 is 0. The van der Waals surface area contributed by atoms with Crippen molar-refractivity contribution in [1.29, 1.82) is 0 Å². The lowest BCUT2D eigenvalue weighted by Gasteiger charge is -1.89. The topological polar surface area (TPSA) is 45.5 Å². The molecule has 0 spiro atoms. The smallest absolute Gasteiger partial charge is 0.0765 e. The lowest BCUT2D eigenvalue weighted by atomic mass is 10.2. The Morgan fingerprint density at radius 1 is 1.67 bits per heavy atom. The molecule has 1 aromatic heterocycles. The van der Waals surface area contributed by atoms with Gasteiger partial charge in [-0.25, -0.2) is 0 Å². The molecule has 0 saturated carbocycles. The fourth-order valence-electron chi connectivity index (χ4n) is 0.725. The normalized spacial score (nSPS) is 12.2. The fourth-order valence-corrected chi connectivity index (χ4v) is 0.725. The molecule has 0 radical (unpaired) electrons. The number of hydrogen-bond donors (Lipinski definition) is 1. The van der Waals surface area contributed by atoms with Crippen LogP contribution in [0, 0.1) is 0 Å². The minimum absolute atomic E-state index is 0.568. The maximum absolute atomic E-state index is 8.33. The first-order valence-electron chi connectivity index (χ1n) is 3.59. The largest absolute Gasteiger partial charge is 0.411 e. The summed E-state index contributed by atoms with van der Waals surface area (Å²) in [5.41, 5.74) is 1.55. The van der Waals surface area contributed by atoms with Gasteiger partial charge in [0, 0.05) is 12.4 Å². The summed E-state index contributed by atoms with van der Waals surface area (Å²) in [6, 6.07) is 3.78. The number of oxime groups is 1. The van der Waals surface area contributed by atoms with Crippen LogP contribution in [0.1, 0.15) is 12.5 Å². The first-order chi connectivity index (χ1) is 5.83. The van der Waals surface area contributed by atoms with Crippen LogP contribution in [0.2, 0.25) is 0 Å². The second-order valence-corrected chi connectivity index (χ2v) is 2.36. The van der Waals surface area contributed by atoms with E-state index >= 15 is 0 Å². The van der Waals surface area contributed by atoms with Gasteiger partial charge in [-0.15, -0.1) is 0 Å². The van der Waals surface area contributed by atoms with Crippen molar-refractivity contribution < 1.29 is 5.21 Å². The molecular weight excluding hydrogens is 152 g/mol. The van der Waals surface area contributed by atoms with Gasteiger partial charge in [0.2, 0.25) is 0 Å². The van der Waals surface area contributed by atoms with Gasteiger partial charge >= 0.3 is 0 Å². The predicted molar refractivity (Wildman–Crippen MR) is 48.2 cm³/mol. The Labute approximate surface area is 71.1 Å². The summed E-state index contributed by atoms with van der Waals surface area (Å²) in [6.07, 6.45) is 7.00.